The van der Waals surface area contributed by atoms with Gasteiger partial charge in [-0.3, -0.25) is 9.59 Å². The number of amides is 2. The average molecular weight is 567 g/mol. The zero-order valence-corrected chi connectivity index (χ0v) is 22.3. The molecule has 3 N–H and O–H groups in total. The summed E-state index contributed by atoms with van der Waals surface area (Å²) in [6.45, 7) is 0. The molecule has 0 spiro atoms. The summed E-state index contributed by atoms with van der Waals surface area (Å²) in [5.74, 6) is -1.30. The molecule has 0 saturated carbocycles. The number of nitrogens with one attached hydrogen (secondary N) is 2. The third kappa shape index (κ3) is 6.90. The molecule has 1 heterocycles. The van der Waals surface area contributed by atoms with E-state index in [9.17, 15) is 23.9 Å². The third-order valence-electron chi connectivity index (χ3n) is 6.03. The lowest BCUT2D eigenvalue weighted by atomic mass is 10.1. The van der Waals surface area contributed by atoms with Crippen LogP contribution < -0.4 is 16.3 Å². The number of thioether (sulfide) groups is 1. The van der Waals surface area contributed by atoms with Gasteiger partial charge in [0.2, 0.25) is 0 Å². The molecule has 1 aromatic heterocycles. The largest absolute Gasteiger partial charge is 0.508 e. The highest BCUT2D eigenvalue weighted by Crippen LogP contribution is 2.26. The molecule has 2 amide bonds. The van der Waals surface area contributed by atoms with E-state index in [1.807, 2.05) is 0 Å². The van der Waals surface area contributed by atoms with Gasteiger partial charge in [-0.2, -0.15) is 0 Å². The van der Waals surface area contributed by atoms with E-state index in [2.05, 4.69) is 10.6 Å². The van der Waals surface area contributed by atoms with Crippen molar-refractivity contribution < 1.29 is 23.5 Å². The summed E-state index contributed by atoms with van der Waals surface area (Å²) < 4.78 is 19.6. The molecular formula is C32H23FN2O5S. The van der Waals surface area contributed by atoms with E-state index >= 15 is 0 Å². The van der Waals surface area contributed by atoms with Crippen LogP contribution in [0.4, 0.5) is 10.1 Å². The van der Waals surface area contributed by atoms with Gasteiger partial charge < -0.3 is 20.2 Å². The normalized spacial score (nSPS) is 11.3. The molecule has 5 aromatic rings. The highest BCUT2D eigenvalue weighted by molar-refractivity contribution is 7.98. The van der Waals surface area contributed by atoms with Crippen molar-refractivity contribution in [1.82, 2.24) is 5.32 Å². The summed E-state index contributed by atoms with van der Waals surface area (Å²) in [6.07, 6.45) is 1.28. The summed E-state index contributed by atoms with van der Waals surface area (Å²) in [5, 5.41) is 15.6. The number of carbonyl (C=O) groups is 2. The third-order valence-corrected chi connectivity index (χ3v) is 7.09. The zero-order chi connectivity index (χ0) is 28.8. The maximum Gasteiger partial charge on any atom is 0.340 e. The first-order valence-corrected chi connectivity index (χ1v) is 13.5. The zero-order valence-electron chi connectivity index (χ0n) is 21.5. The molecule has 0 radical (unpaired) electrons. The minimum atomic E-state index is -0.627. The van der Waals surface area contributed by atoms with Gasteiger partial charge in [0.15, 0.2) is 0 Å². The first kappa shape index (κ1) is 27.4. The predicted molar refractivity (Wildman–Crippen MR) is 157 cm³/mol. The van der Waals surface area contributed by atoms with Crippen molar-refractivity contribution in [3.63, 3.8) is 0 Å². The first-order chi connectivity index (χ1) is 19.9. The van der Waals surface area contributed by atoms with Crippen LogP contribution in [0, 0.1) is 5.82 Å². The Bertz CT molecular complexity index is 1820. The topological polar surface area (TPSA) is 109 Å². The van der Waals surface area contributed by atoms with Gasteiger partial charge in [0.1, 0.15) is 22.8 Å². The van der Waals surface area contributed by atoms with Gasteiger partial charge >= 0.3 is 5.63 Å². The summed E-state index contributed by atoms with van der Waals surface area (Å²) in [7, 11) is 0. The molecule has 204 valence electrons. The Balaban J connectivity index is 1.29. The van der Waals surface area contributed by atoms with E-state index in [0.717, 1.165) is 4.90 Å². The van der Waals surface area contributed by atoms with Gasteiger partial charge in [-0.15, -0.1) is 11.8 Å². The lowest BCUT2D eigenvalue weighted by molar-refractivity contribution is -0.113. The number of halogens is 1. The molecule has 41 heavy (non-hydrogen) atoms. The van der Waals surface area contributed by atoms with Gasteiger partial charge in [-0.1, -0.05) is 36.4 Å². The Morgan fingerprint density at radius 1 is 0.902 bits per heavy atom. The molecule has 0 fully saturated rings. The van der Waals surface area contributed by atoms with Crippen LogP contribution >= 0.6 is 11.8 Å². The Labute approximate surface area is 238 Å². The van der Waals surface area contributed by atoms with Crippen molar-refractivity contribution in [1.29, 1.82) is 0 Å². The lowest BCUT2D eigenvalue weighted by Gasteiger charge is -2.12. The van der Waals surface area contributed by atoms with Crippen molar-refractivity contribution in [3.05, 3.63) is 142 Å². The molecule has 0 unspecified atom stereocenters. The first-order valence-electron chi connectivity index (χ1n) is 12.5. The second-order valence-electron chi connectivity index (χ2n) is 8.95. The number of benzene rings is 4. The number of rotatable bonds is 8. The molecule has 0 aliphatic heterocycles. The van der Waals surface area contributed by atoms with E-state index in [1.165, 1.54) is 48.2 Å². The SMILES string of the molecule is O=C(Nc1ccc(SCc2cc3ccc(O)cc3oc2=O)cc1)/C(=C/c1ccccc1F)NC(=O)c1ccccc1. The van der Waals surface area contributed by atoms with E-state index in [4.69, 9.17) is 4.42 Å². The fraction of sp³-hybridized carbons (Fsp3) is 0.0312. The van der Waals surface area contributed by atoms with Gasteiger partial charge in [0, 0.05) is 44.5 Å². The molecule has 0 aliphatic carbocycles. The lowest BCUT2D eigenvalue weighted by Crippen LogP contribution is -2.30. The number of phenolic OH excluding ortho intramolecular Hbond substituents is 1. The molecule has 7 nitrogen and oxygen atoms in total. The van der Waals surface area contributed by atoms with E-state index in [0.29, 0.717) is 33.5 Å². The molecule has 9 heteroatoms. The van der Waals surface area contributed by atoms with Gasteiger partial charge in [0.05, 0.1) is 0 Å². The number of hydrogen-bond acceptors (Lipinski definition) is 6. The van der Waals surface area contributed by atoms with E-state index in [-0.39, 0.29) is 17.0 Å². The quantitative estimate of drug-likeness (QED) is 0.115. The van der Waals surface area contributed by atoms with Crippen LogP contribution in [0.15, 0.2) is 123 Å². The predicted octanol–water partition coefficient (Wildman–Crippen LogP) is 6.34. The Morgan fingerprint density at radius 2 is 1.63 bits per heavy atom. The highest BCUT2D eigenvalue weighted by atomic mass is 32.2. The molecule has 4 aromatic carbocycles. The average Bonchev–Trinajstić information content (AvgIpc) is 2.98. The van der Waals surface area contributed by atoms with Crippen LogP contribution in [0.5, 0.6) is 5.75 Å². The number of carbonyl (C=O) groups excluding carboxylic acids is 2. The standard InChI is InChI=1S/C32H23FN2O5S/c33-27-9-5-4-8-21(27)17-28(35-30(37)20-6-2-1-3-7-20)31(38)34-24-11-14-26(15-12-24)41-19-23-16-22-10-13-25(36)18-29(22)40-32(23)39/h1-18,36H,19H2,(H,34,38)(H,35,37)/b28-17-. The summed E-state index contributed by atoms with van der Waals surface area (Å²) in [5.41, 5.74) is 1.13. The van der Waals surface area contributed by atoms with Crippen LogP contribution in [0.25, 0.3) is 17.0 Å². The molecular weight excluding hydrogens is 543 g/mol. The minimum Gasteiger partial charge on any atom is -0.508 e. The van der Waals surface area contributed by atoms with Crippen molar-refractivity contribution in [2.45, 2.75) is 10.6 Å². The van der Waals surface area contributed by atoms with Crippen molar-refractivity contribution in [2.24, 2.45) is 0 Å². The minimum absolute atomic E-state index is 0.0170. The van der Waals surface area contributed by atoms with Crippen molar-refractivity contribution >= 4 is 46.3 Å². The Morgan fingerprint density at radius 3 is 2.39 bits per heavy atom. The summed E-state index contributed by atoms with van der Waals surface area (Å²) in [4.78, 5) is 39.1. The number of fused-ring (bicyclic) bond motifs is 1. The number of phenols is 1. The molecule has 0 saturated heterocycles. The van der Waals surface area contributed by atoms with Crippen LogP contribution in [0.3, 0.4) is 0 Å². The Hall–Kier alpha value is -5.15. The van der Waals surface area contributed by atoms with E-state index in [1.54, 1.807) is 72.8 Å². The van der Waals surface area contributed by atoms with E-state index < -0.39 is 23.3 Å². The number of anilines is 1. The van der Waals surface area contributed by atoms with Gasteiger partial charge in [-0.05, 0) is 66.7 Å². The molecule has 5 rings (SSSR count). The second-order valence-corrected chi connectivity index (χ2v) is 10.00. The van der Waals surface area contributed by atoms with Crippen LogP contribution in [0.1, 0.15) is 21.5 Å². The maximum atomic E-state index is 14.3. The fourth-order valence-electron chi connectivity index (χ4n) is 3.93. The van der Waals surface area contributed by atoms with Crippen molar-refractivity contribution in [3.8, 4) is 5.75 Å². The second kappa shape index (κ2) is 12.4. The Kier molecular flexibility index (Phi) is 8.26. The fourth-order valence-corrected chi connectivity index (χ4v) is 4.78. The molecule has 0 bridgehead atoms. The monoisotopic (exact) mass is 566 g/mol. The molecule has 0 aliphatic rings. The van der Waals surface area contributed by atoms with Crippen molar-refractivity contribution in [2.75, 3.05) is 5.32 Å². The highest BCUT2D eigenvalue weighted by Gasteiger charge is 2.16. The summed E-state index contributed by atoms with van der Waals surface area (Å²) >= 11 is 1.41. The number of aromatic hydroxyl groups is 1. The van der Waals surface area contributed by atoms with Gasteiger partial charge in [-0.25, -0.2) is 9.18 Å². The van der Waals surface area contributed by atoms with Gasteiger partial charge in [0.25, 0.3) is 11.8 Å². The maximum absolute atomic E-state index is 14.3. The molecule has 0 atom stereocenters. The van der Waals surface area contributed by atoms with Crippen LogP contribution in [-0.2, 0) is 10.5 Å². The summed E-state index contributed by atoms with van der Waals surface area (Å²) in [6, 6.07) is 27.6. The van der Waals surface area contributed by atoms with Crippen LogP contribution in [0.2, 0.25) is 0 Å². The number of hydrogen-bond donors (Lipinski definition) is 3. The smallest absolute Gasteiger partial charge is 0.340 e. The van der Waals surface area contributed by atoms with Crippen LogP contribution in [-0.4, -0.2) is 16.9 Å².